The van der Waals surface area contributed by atoms with E-state index in [1.165, 1.54) is 0 Å². The Morgan fingerprint density at radius 2 is 1.80 bits per heavy atom. The SMILES string of the molecule is CCN(CC)C(=O)CNc1nnc(C)c2ccccc12. The number of nitrogens with zero attached hydrogens (tertiary/aromatic N) is 3. The number of anilines is 1. The number of hydrogen-bond donors (Lipinski definition) is 1. The first-order chi connectivity index (χ1) is 9.67. The zero-order valence-corrected chi connectivity index (χ0v) is 12.2. The van der Waals surface area contributed by atoms with Crippen LogP contribution in [-0.4, -0.2) is 40.6 Å². The van der Waals surface area contributed by atoms with Crippen molar-refractivity contribution in [3.8, 4) is 0 Å². The molecule has 0 radical (unpaired) electrons. The van der Waals surface area contributed by atoms with Crippen LogP contribution in [0.2, 0.25) is 0 Å². The van der Waals surface area contributed by atoms with E-state index in [0.717, 1.165) is 29.6 Å². The van der Waals surface area contributed by atoms with Crippen LogP contribution in [0.15, 0.2) is 24.3 Å². The van der Waals surface area contributed by atoms with Gasteiger partial charge in [0.25, 0.3) is 0 Å². The third-order valence-electron chi connectivity index (χ3n) is 3.40. The summed E-state index contributed by atoms with van der Waals surface area (Å²) in [6.45, 7) is 7.56. The van der Waals surface area contributed by atoms with Gasteiger partial charge in [-0.2, -0.15) is 5.10 Å². The number of aromatic nitrogens is 2. The molecule has 1 N–H and O–H groups in total. The maximum atomic E-state index is 12.0. The largest absolute Gasteiger partial charge is 0.359 e. The van der Waals surface area contributed by atoms with Crippen molar-refractivity contribution in [3.63, 3.8) is 0 Å². The van der Waals surface area contributed by atoms with Gasteiger partial charge < -0.3 is 10.2 Å². The Kier molecular flexibility index (Phi) is 4.50. The summed E-state index contributed by atoms with van der Waals surface area (Å²) in [5, 5.41) is 13.4. The van der Waals surface area contributed by atoms with Crippen molar-refractivity contribution >= 4 is 22.5 Å². The van der Waals surface area contributed by atoms with Crippen LogP contribution in [0.1, 0.15) is 19.5 Å². The third kappa shape index (κ3) is 2.87. The number of carbonyl (C=O) groups excluding carboxylic acids is 1. The van der Waals surface area contributed by atoms with Crippen molar-refractivity contribution in [2.75, 3.05) is 25.0 Å². The van der Waals surface area contributed by atoms with Gasteiger partial charge in [-0.3, -0.25) is 4.79 Å². The fraction of sp³-hybridized carbons (Fsp3) is 0.400. The Bertz CT molecular complexity index is 608. The second-order valence-corrected chi connectivity index (χ2v) is 4.60. The monoisotopic (exact) mass is 272 g/mol. The summed E-state index contributed by atoms with van der Waals surface area (Å²) in [7, 11) is 0. The summed E-state index contributed by atoms with van der Waals surface area (Å²) < 4.78 is 0. The van der Waals surface area contributed by atoms with Crippen LogP contribution in [0.25, 0.3) is 10.8 Å². The van der Waals surface area contributed by atoms with E-state index in [9.17, 15) is 4.79 Å². The molecule has 5 heteroatoms. The molecule has 2 aromatic rings. The van der Waals surface area contributed by atoms with Gasteiger partial charge in [0.2, 0.25) is 5.91 Å². The Morgan fingerprint density at radius 3 is 2.45 bits per heavy atom. The van der Waals surface area contributed by atoms with Crippen molar-refractivity contribution in [2.24, 2.45) is 0 Å². The van der Waals surface area contributed by atoms with E-state index >= 15 is 0 Å². The molecule has 2 rings (SSSR count). The predicted molar refractivity (Wildman–Crippen MR) is 80.7 cm³/mol. The van der Waals surface area contributed by atoms with Gasteiger partial charge in [-0.25, -0.2) is 0 Å². The van der Waals surface area contributed by atoms with E-state index in [0.29, 0.717) is 5.82 Å². The van der Waals surface area contributed by atoms with E-state index in [1.54, 1.807) is 4.90 Å². The molecule has 0 saturated heterocycles. The van der Waals surface area contributed by atoms with Gasteiger partial charge >= 0.3 is 0 Å². The Hall–Kier alpha value is -2.17. The average Bonchev–Trinajstić information content (AvgIpc) is 2.48. The Balaban J connectivity index is 2.19. The highest BCUT2D eigenvalue weighted by molar-refractivity contribution is 5.94. The fourth-order valence-electron chi connectivity index (χ4n) is 2.22. The van der Waals surface area contributed by atoms with E-state index in [2.05, 4.69) is 15.5 Å². The number of aryl methyl sites for hydroxylation is 1. The minimum Gasteiger partial charge on any atom is -0.359 e. The highest BCUT2D eigenvalue weighted by Gasteiger charge is 2.11. The lowest BCUT2D eigenvalue weighted by atomic mass is 10.1. The van der Waals surface area contributed by atoms with Crippen molar-refractivity contribution < 1.29 is 4.79 Å². The molecule has 0 unspecified atom stereocenters. The molecule has 0 bridgehead atoms. The fourth-order valence-corrected chi connectivity index (χ4v) is 2.22. The lowest BCUT2D eigenvalue weighted by Gasteiger charge is -2.19. The summed E-state index contributed by atoms with van der Waals surface area (Å²) in [5.74, 6) is 0.730. The van der Waals surface area contributed by atoms with E-state index in [4.69, 9.17) is 0 Å². The number of likely N-dealkylation sites (N-methyl/N-ethyl adjacent to an activating group) is 1. The van der Waals surface area contributed by atoms with E-state index in [-0.39, 0.29) is 12.5 Å². The standard InChI is InChI=1S/C15H20N4O/c1-4-19(5-2)14(20)10-16-15-13-9-7-6-8-12(13)11(3)17-18-15/h6-9H,4-5,10H2,1-3H3,(H,16,18). The molecule has 1 heterocycles. The first-order valence-corrected chi connectivity index (χ1v) is 6.91. The molecular weight excluding hydrogens is 252 g/mol. The van der Waals surface area contributed by atoms with Crippen LogP contribution in [0.3, 0.4) is 0 Å². The molecule has 106 valence electrons. The van der Waals surface area contributed by atoms with Crippen LogP contribution in [0.5, 0.6) is 0 Å². The topological polar surface area (TPSA) is 58.1 Å². The van der Waals surface area contributed by atoms with Crippen molar-refractivity contribution in [1.82, 2.24) is 15.1 Å². The number of nitrogens with one attached hydrogen (secondary N) is 1. The number of fused-ring (bicyclic) bond motifs is 1. The minimum atomic E-state index is 0.0708. The number of carbonyl (C=O) groups is 1. The highest BCUT2D eigenvalue weighted by atomic mass is 16.2. The highest BCUT2D eigenvalue weighted by Crippen LogP contribution is 2.21. The van der Waals surface area contributed by atoms with Crippen LogP contribution in [-0.2, 0) is 4.79 Å². The molecule has 0 aliphatic rings. The Labute approximate surface area is 119 Å². The van der Waals surface area contributed by atoms with E-state index in [1.807, 2.05) is 45.0 Å². The van der Waals surface area contributed by atoms with Crippen molar-refractivity contribution in [3.05, 3.63) is 30.0 Å². The van der Waals surface area contributed by atoms with Gasteiger partial charge in [-0.15, -0.1) is 5.10 Å². The summed E-state index contributed by atoms with van der Waals surface area (Å²) in [6.07, 6.45) is 0. The zero-order chi connectivity index (χ0) is 14.5. The summed E-state index contributed by atoms with van der Waals surface area (Å²) >= 11 is 0. The van der Waals surface area contributed by atoms with Crippen LogP contribution in [0.4, 0.5) is 5.82 Å². The number of amides is 1. The molecule has 20 heavy (non-hydrogen) atoms. The molecule has 0 spiro atoms. The van der Waals surface area contributed by atoms with Gasteiger partial charge in [-0.1, -0.05) is 24.3 Å². The summed E-state index contributed by atoms with van der Waals surface area (Å²) in [5.41, 5.74) is 0.890. The molecule has 0 atom stereocenters. The first-order valence-electron chi connectivity index (χ1n) is 6.91. The van der Waals surface area contributed by atoms with Crippen molar-refractivity contribution in [1.29, 1.82) is 0 Å². The molecular formula is C15H20N4O. The van der Waals surface area contributed by atoms with Crippen LogP contribution in [0, 0.1) is 6.92 Å². The van der Waals surface area contributed by atoms with Crippen LogP contribution >= 0.6 is 0 Å². The Morgan fingerprint density at radius 1 is 1.15 bits per heavy atom. The van der Waals surface area contributed by atoms with Gasteiger partial charge in [0, 0.05) is 23.9 Å². The van der Waals surface area contributed by atoms with Crippen molar-refractivity contribution in [2.45, 2.75) is 20.8 Å². The molecule has 1 amide bonds. The molecule has 1 aromatic heterocycles. The molecule has 1 aromatic carbocycles. The lowest BCUT2D eigenvalue weighted by molar-refractivity contribution is -0.128. The number of rotatable bonds is 5. The molecule has 0 aliphatic heterocycles. The number of benzene rings is 1. The van der Waals surface area contributed by atoms with Crippen LogP contribution < -0.4 is 5.32 Å². The molecule has 0 aliphatic carbocycles. The smallest absolute Gasteiger partial charge is 0.241 e. The second kappa shape index (κ2) is 6.32. The predicted octanol–water partition coefficient (Wildman–Crippen LogP) is 2.22. The maximum Gasteiger partial charge on any atom is 0.241 e. The summed E-state index contributed by atoms with van der Waals surface area (Å²) in [6, 6.07) is 7.93. The quantitative estimate of drug-likeness (QED) is 0.906. The van der Waals surface area contributed by atoms with Gasteiger partial charge in [0.05, 0.1) is 12.2 Å². The molecule has 0 fully saturated rings. The lowest BCUT2D eigenvalue weighted by Crippen LogP contribution is -2.35. The molecule has 5 nitrogen and oxygen atoms in total. The third-order valence-corrected chi connectivity index (χ3v) is 3.40. The minimum absolute atomic E-state index is 0.0708. The molecule has 0 saturated carbocycles. The summed E-state index contributed by atoms with van der Waals surface area (Å²) in [4.78, 5) is 13.8. The van der Waals surface area contributed by atoms with Gasteiger partial charge in [0.1, 0.15) is 0 Å². The average molecular weight is 272 g/mol. The first kappa shape index (κ1) is 14.2. The van der Waals surface area contributed by atoms with Gasteiger partial charge in [-0.05, 0) is 20.8 Å². The second-order valence-electron chi connectivity index (χ2n) is 4.60. The maximum absolute atomic E-state index is 12.0. The normalized spacial score (nSPS) is 10.6. The number of hydrogen-bond acceptors (Lipinski definition) is 4. The van der Waals surface area contributed by atoms with E-state index < -0.39 is 0 Å². The zero-order valence-electron chi connectivity index (χ0n) is 12.2. The van der Waals surface area contributed by atoms with Gasteiger partial charge in [0.15, 0.2) is 5.82 Å².